The first-order chi connectivity index (χ1) is 12.2. The van der Waals surface area contributed by atoms with Crippen LogP contribution in [0.1, 0.15) is 32.2 Å². The number of carbonyl (C=O) groups excluding carboxylic acids is 1. The van der Waals surface area contributed by atoms with Gasteiger partial charge in [0.05, 0.1) is 16.5 Å². The van der Waals surface area contributed by atoms with Crippen LogP contribution in [0.3, 0.4) is 0 Å². The Balaban J connectivity index is 1.75. The molecular formula is C17H13F3N2O3S. The van der Waals surface area contributed by atoms with E-state index in [1.807, 2.05) is 13.8 Å². The zero-order valence-electron chi connectivity index (χ0n) is 13.7. The lowest BCUT2D eigenvalue weighted by atomic mass is 10.1. The molecule has 2 aromatic heterocycles. The summed E-state index contributed by atoms with van der Waals surface area (Å²) < 4.78 is 42.6. The minimum Gasteiger partial charge on any atom is -0.454 e. The van der Waals surface area contributed by atoms with E-state index in [-0.39, 0.29) is 23.6 Å². The summed E-state index contributed by atoms with van der Waals surface area (Å²) in [5, 5.41) is 0.505. The van der Waals surface area contributed by atoms with Crippen molar-refractivity contribution in [3.8, 4) is 0 Å². The highest BCUT2D eigenvalue weighted by molar-refractivity contribution is 7.18. The topological polar surface area (TPSA) is 72.0 Å². The van der Waals surface area contributed by atoms with E-state index in [2.05, 4.69) is 9.97 Å². The summed E-state index contributed by atoms with van der Waals surface area (Å²) in [6.07, 6.45) is -4.47. The minimum absolute atomic E-state index is 0.0239. The number of alkyl halides is 3. The number of thiophene rings is 1. The number of aromatic nitrogens is 2. The molecule has 0 spiro atoms. The van der Waals surface area contributed by atoms with E-state index < -0.39 is 17.7 Å². The lowest BCUT2D eigenvalue weighted by molar-refractivity contribution is -0.137. The fourth-order valence-electron chi connectivity index (χ4n) is 2.38. The maximum atomic E-state index is 12.5. The van der Waals surface area contributed by atoms with Gasteiger partial charge in [0.25, 0.3) is 5.56 Å². The van der Waals surface area contributed by atoms with E-state index in [1.54, 1.807) is 0 Å². The molecule has 9 heteroatoms. The van der Waals surface area contributed by atoms with E-state index in [0.717, 1.165) is 34.7 Å². The highest BCUT2D eigenvalue weighted by Gasteiger charge is 2.30. The normalized spacial score (nSPS) is 11.7. The van der Waals surface area contributed by atoms with Crippen molar-refractivity contribution in [2.45, 2.75) is 26.6 Å². The molecule has 0 fully saturated rings. The molecule has 2 heterocycles. The Morgan fingerprint density at radius 2 is 1.88 bits per heavy atom. The Bertz CT molecular complexity index is 1040. The predicted octanol–water partition coefficient (Wildman–Crippen LogP) is 3.98. The second-order valence-corrected chi connectivity index (χ2v) is 6.83. The van der Waals surface area contributed by atoms with E-state index in [1.165, 1.54) is 11.3 Å². The molecule has 3 rings (SSSR count). The van der Waals surface area contributed by atoms with Gasteiger partial charge in [0.1, 0.15) is 17.3 Å². The van der Waals surface area contributed by atoms with Gasteiger partial charge in [0.15, 0.2) is 0 Å². The van der Waals surface area contributed by atoms with Crippen molar-refractivity contribution in [3.63, 3.8) is 0 Å². The SMILES string of the molecule is Cc1sc2nc(COC(=O)c3ccc(C(F)(F)F)cc3)[nH]c(=O)c2c1C. The first-order valence-electron chi connectivity index (χ1n) is 7.50. The van der Waals surface area contributed by atoms with Gasteiger partial charge in [0.2, 0.25) is 0 Å². The van der Waals surface area contributed by atoms with Crippen LogP contribution < -0.4 is 5.56 Å². The maximum absolute atomic E-state index is 12.5. The van der Waals surface area contributed by atoms with Crippen LogP contribution in [-0.2, 0) is 17.5 Å². The number of H-pyrrole nitrogens is 1. The van der Waals surface area contributed by atoms with Crippen molar-refractivity contribution in [3.05, 3.63) is 62.0 Å². The number of esters is 1. The number of benzene rings is 1. The molecule has 1 N–H and O–H groups in total. The van der Waals surface area contributed by atoms with Gasteiger partial charge in [-0.2, -0.15) is 13.2 Å². The molecule has 0 bridgehead atoms. The first kappa shape index (κ1) is 18.1. The highest BCUT2D eigenvalue weighted by atomic mass is 32.1. The molecule has 0 saturated heterocycles. The van der Waals surface area contributed by atoms with Crippen molar-refractivity contribution in [1.82, 2.24) is 9.97 Å². The largest absolute Gasteiger partial charge is 0.454 e. The lowest BCUT2D eigenvalue weighted by Crippen LogP contribution is -2.14. The zero-order valence-corrected chi connectivity index (χ0v) is 14.5. The standard InChI is InChI=1S/C17H13F3N2O3S/c1-8-9(2)26-15-13(8)14(23)21-12(22-15)7-25-16(24)10-3-5-11(6-4-10)17(18,19)20/h3-6H,7H2,1-2H3,(H,21,22,23). The van der Waals surface area contributed by atoms with Crippen molar-refractivity contribution < 1.29 is 22.7 Å². The van der Waals surface area contributed by atoms with E-state index >= 15 is 0 Å². The number of nitrogens with zero attached hydrogens (tertiary/aromatic N) is 1. The second kappa shape index (κ2) is 6.56. The average Bonchev–Trinajstić information content (AvgIpc) is 2.86. The molecule has 0 radical (unpaired) electrons. The fraction of sp³-hybridized carbons (Fsp3) is 0.235. The predicted molar refractivity (Wildman–Crippen MR) is 90.3 cm³/mol. The lowest BCUT2D eigenvalue weighted by Gasteiger charge is -2.08. The number of hydrogen-bond donors (Lipinski definition) is 1. The Morgan fingerprint density at radius 3 is 2.50 bits per heavy atom. The summed E-state index contributed by atoms with van der Waals surface area (Å²) >= 11 is 1.36. The summed E-state index contributed by atoms with van der Waals surface area (Å²) in [5.74, 6) is -0.635. The number of carbonyl (C=O) groups is 1. The third-order valence-corrected chi connectivity index (χ3v) is 4.98. The molecule has 1 aromatic carbocycles. The summed E-state index contributed by atoms with van der Waals surface area (Å²) in [4.78, 5) is 32.4. The van der Waals surface area contributed by atoms with Crippen molar-refractivity contribution >= 4 is 27.5 Å². The summed E-state index contributed by atoms with van der Waals surface area (Å²) in [7, 11) is 0. The molecule has 0 aliphatic rings. The number of aryl methyl sites for hydroxylation is 2. The van der Waals surface area contributed by atoms with Crippen molar-refractivity contribution in [2.75, 3.05) is 0 Å². The third kappa shape index (κ3) is 3.48. The quantitative estimate of drug-likeness (QED) is 0.696. The molecule has 26 heavy (non-hydrogen) atoms. The number of fused-ring (bicyclic) bond motifs is 1. The molecule has 136 valence electrons. The monoisotopic (exact) mass is 382 g/mol. The van der Waals surface area contributed by atoms with Gasteiger partial charge in [0, 0.05) is 4.88 Å². The molecule has 3 aromatic rings. The Labute approximate surface area is 149 Å². The van der Waals surface area contributed by atoms with Gasteiger partial charge >= 0.3 is 12.1 Å². The third-order valence-electron chi connectivity index (χ3n) is 3.88. The number of aromatic amines is 1. The van der Waals surface area contributed by atoms with Crippen LogP contribution in [-0.4, -0.2) is 15.9 Å². The van der Waals surface area contributed by atoms with Gasteiger partial charge in [-0.25, -0.2) is 9.78 Å². The smallest absolute Gasteiger partial charge is 0.416 e. The van der Waals surface area contributed by atoms with Crippen LogP contribution in [0, 0.1) is 13.8 Å². The number of nitrogens with one attached hydrogen (secondary N) is 1. The van der Waals surface area contributed by atoms with E-state index in [4.69, 9.17) is 4.74 Å². The Kier molecular flexibility index (Phi) is 4.57. The molecule has 0 atom stereocenters. The summed E-state index contributed by atoms with van der Waals surface area (Å²) in [5.41, 5.74) is -0.345. The van der Waals surface area contributed by atoms with Gasteiger partial charge < -0.3 is 9.72 Å². The van der Waals surface area contributed by atoms with Crippen molar-refractivity contribution in [2.24, 2.45) is 0 Å². The zero-order chi connectivity index (χ0) is 19.1. The van der Waals surface area contributed by atoms with Crippen LogP contribution in [0.2, 0.25) is 0 Å². The number of rotatable bonds is 3. The molecule has 0 aliphatic heterocycles. The van der Waals surface area contributed by atoms with Gasteiger partial charge in [-0.1, -0.05) is 0 Å². The van der Waals surface area contributed by atoms with E-state index in [0.29, 0.717) is 10.2 Å². The number of ether oxygens (including phenoxy) is 1. The Hall–Kier alpha value is -2.68. The van der Waals surface area contributed by atoms with Gasteiger partial charge in [-0.3, -0.25) is 4.79 Å². The average molecular weight is 382 g/mol. The first-order valence-corrected chi connectivity index (χ1v) is 8.31. The molecule has 0 aliphatic carbocycles. The molecule has 0 amide bonds. The molecule has 5 nitrogen and oxygen atoms in total. The fourth-order valence-corrected chi connectivity index (χ4v) is 3.43. The summed E-state index contributed by atoms with van der Waals surface area (Å²) in [6, 6.07) is 3.69. The van der Waals surface area contributed by atoms with E-state index in [9.17, 15) is 22.8 Å². The maximum Gasteiger partial charge on any atom is 0.416 e. The van der Waals surface area contributed by atoms with Gasteiger partial charge in [-0.15, -0.1) is 11.3 Å². The van der Waals surface area contributed by atoms with Crippen LogP contribution in [0.4, 0.5) is 13.2 Å². The highest BCUT2D eigenvalue weighted by Crippen LogP contribution is 2.29. The molecule has 0 saturated carbocycles. The van der Waals surface area contributed by atoms with Crippen LogP contribution in [0.5, 0.6) is 0 Å². The van der Waals surface area contributed by atoms with Crippen LogP contribution in [0.15, 0.2) is 29.1 Å². The summed E-state index contributed by atoms with van der Waals surface area (Å²) in [6.45, 7) is 3.42. The number of halogens is 3. The van der Waals surface area contributed by atoms with Gasteiger partial charge in [-0.05, 0) is 43.7 Å². The Morgan fingerprint density at radius 1 is 1.23 bits per heavy atom. The number of hydrogen-bond acceptors (Lipinski definition) is 5. The van der Waals surface area contributed by atoms with Crippen LogP contribution in [0.25, 0.3) is 10.2 Å². The van der Waals surface area contributed by atoms with Crippen LogP contribution >= 0.6 is 11.3 Å². The molecular weight excluding hydrogens is 369 g/mol. The second-order valence-electron chi connectivity index (χ2n) is 5.63. The van der Waals surface area contributed by atoms with Crippen molar-refractivity contribution in [1.29, 1.82) is 0 Å². The minimum atomic E-state index is -4.47. The molecule has 0 unspecified atom stereocenters.